The molecule has 0 heterocycles. The Balaban J connectivity index is 1.73. The highest BCUT2D eigenvalue weighted by Gasteiger charge is 2.05. The Morgan fingerprint density at radius 3 is 2.44 bits per heavy atom. The van der Waals surface area contributed by atoms with Gasteiger partial charge in [0.1, 0.15) is 11.5 Å². The standard InChI is InChI=1S/C23H26N2O2/c1-3-13-26-22-12-10-20(23(16-22)27-14-4-2)17-24-25-21-11-9-18-7-5-6-8-19(18)15-21/h5-12,15-17,25H,3-4,13-14H2,1-2H3. The van der Waals surface area contributed by atoms with E-state index in [-0.39, 0.29) is 0 Å². The van der Waals surface area contributed by atoms with Crippen molar-refractivity contribution in [2.75, 3.05) is 18.6 Å². The maximum absolute atomic E-state index is 5.87. The highest BCUT2D eigenvalue weighted by Crippen LogP contribution is 2.25. The van der Waals surface area contributed by atoms with Gasteiger partial charge in [0.25, 0.3) is 0 Å². The third-order valence-electron chi connectivity index (χ3n) is 4.07. The summed E-state index contributed by atoms with van der Waals surface area (Å²) in [6.07, 6.45) is 3.71. The summed E-state index contributed by atoms with van der Waals surface area (Å²) >= 11 is 0. The van der Waals surface area contributed by atoms with Crippen molar-refractivity contribution >= 4 is 22.7 Å². The summed E-state index contributed by atoms with van der Waals surface area (Å²) in [4.78, 5) is 0. The van der Waals surface area contributed by atoms with E-state index in [9.17, 15) is 0 Å². The van der Waals surface area contributed by atoms with Crippen LogP contribution in [-0.4, -0.2) is 19.4 Å². The van der Waals surface area contributed by atoms with Crippen LogP contribution in [0.1, 0.15) is 32.3 Å². The number of fused-ring (bicyclic) bond motifs is 1. The van der Waals surface area contributed by atoms with Crippen LogP contribution in [-0.2, 0) is 0 Å². The third kappa shape index (κ3) is 5.23. The summed E-state index contributed by atoms with van der Waals surface area (Å²) in [5, 5.41) is 6.78. The van der Waals surface area contributed by atoms with Gasteiger partial charge in [-0.1, -0.05) is 44.2 Å². The molecule has 27 heavy (non-hydrogen) atoms. The van der Waals surface area contributed by atoms with E-state index in [0.29, 0.717) is 13.2 Å². The molecule has 3 aromatic carbocycles. The van der Waals surface area contributed by atoms with E-state index in [1.165, 1.54) is 10.8 Å². The number of nitrogens with zero attached hydrogens (tertiary/aromatic N) is 1. The molecular formula is C23H26N2O2. The van der Waals surface area contributed by atoms with Crippen LogP contribution in [0.2, 0.25) is 0 Å². The van der Waals surface area contributed by atoms with E-state index in [0.717, 1.165) is 35.6 Å². The molecule has 4 nitrogen and oxygen atoms in total. The first kappa shape index (κ1) is 18.8. The van der Waals surface area contributed by atoms with E-state index < -0.39 is 0 Å². The molecule has 3 aromatic rings. The third-order valence-corrected chi connectivity index (χ3v) is 4.07. The van der Waals surface area contributed by atoms with Crippen LogP contribution < -0.4 is 14.9 Å². The Bertz CT molecular complexity index is 906. The number of ether oxygens (including phenoxy) is 2. The van der Waals surface area contributed by atoms with Crippen LogP contribution in [0.3, 0.4) is 0 Å². The van der Waals surface area contributed by atoms with Gasteiger partial charge < -0.3 is 9.47 Å². The summed E-state index contributed by atoms with van der Waals surface area (Å²) in [6.45, 7) is 5.54. The second kappa shape index (κ2) is 9.62. The molecule has 0 aliphatic carbocycles. The Hall–Kier alpha value is -3.01. The minimum absolute atomic E-state index is 0.663. The van der Waals surface area contributed by atoms with Crippen molar-refractivity contribution < 1.29 is 9.47 Å². The van der Waals surface area contributed by atoms with E-state index in [1.807, 2.05) is 36.4 Å². The Morgan fingerprint density at radius 2 is 1.63 bits per heavy atom. The van der Waals surface area contributed by atoms with Gasteiger partial charge in [0.15, 0.2) is 0 Å². The van der Waals surface area contributed by atoms with Gasteiger partial charge in [-0.2, -0.15) is 5.10 Å². The Labute approximate surface area is 160 Å². The molecule has 140 valence electrons. The quantitative estimate of drug-likeness (QED) is 0.383. The predicted octanol–water partition coefficient (Wildman–Crippen LogP) is 5.86. The van der Waals surface area contributed by atoms with Crippen molar-refractivity contribution in [1.82, 2.24) is 0 Å². The average Bonchev–Trinajstić information content (AvgIpc) is 2.71. The van der Waals surface area contributed by atoms with E-state index in [2.05, 4.69) is 48.6 Å². The van der Waals surface area contributed by atoms with Gasteiger partial charge in [-0.25, -0.2) is 0 Å². The van der Waals surface area contributed by atoms with Crippen molar-refractivity contribution in [3.8, 4) is 11.5 Å². The van der Waals surface area contributed by atoms with Gasteiger partial charge in [0, 0.05) is 11.6 Å². The van der Waals surface area contributed by atoms with Gasteiger partial charge in [0.05, 0.1) is 25.1 Å². The fourth-order valence-corrected chi connectivity index (χ4v) is 2.70. The lowest BCUT2D eigenvalue weighted by Crippen LogP contribution is -2.01. The highest BCUT2D eigenvalue weighted by atomic mass is 16.5. The molecule has 0 fully saturated rings. The van der Waals surface area contributed by atoms with Crippen LogP contribution >= 0.6 is 0 Å². The maximum atomic E-state index is 5.87. The number of anilines is 1. The van der Waals surface area contributed by atoms with Crippen molar-refractivity contribution in [3.63, 3.8) is 0 Å². The minimum atomic E-state index is 0.663. The molecule has 0 spiro atoms. The normalized spacial score (nSPS) is 11.0. The number of nitrogens with one attached hydrogen (secondary N) is 1. The summed E-state index contributed by atoms with van der Waals surface area (Å²) < 4.78 is 11.6. The van der Waals surface area contributed by atoms with Crippen molar-refractivity contribution in [2.45, 2.75) is 26.7 Å². The molecule has 0 aliphatic rings. The Kier molecular flexibility index (Phi) is 6.69. The molecule has 1 N–H and O–H groups in total. The smallest absolute Gasteiger partial charge is 0.131 e. The van der Waals surface area contributed by atoms with Crippen LogP contribution in [0.4, 0.5) is 5.69 Å². The lowest BCUT2D eigenvalue weighted by molar-refractivity contribution is 0.301. The van der Waals surface area contributed by atoms with Crippen LogP contribution in [0.15, 0.2) is 65.8 Å². The molecule has 4 heteroatoms. The number of hydrazone groups is 1. The number of benzene rings is 3. The molecule has 0 aliphatic heterocycles. The molecule has 0 unspecified atom stereocenters. The monoisotopic (exact) mass is 362 g/mol. The van der Waals surface area contributed by atoms with Crippen LogP contribution in [0.5, 0.6) is 11.5 Å². The molecule has 0 aromatic heterocycles. The first-order valence-electron chi connectivity index (χ1n) is 9.47. The largest absolute Gasteiger partial charge is 0.493 e. The molecule has 3 rings (SSSR count). The van der Waals surface area contributed by atoms with Gasteiger partial charge in [-0.3, -0.25) is 5.43 Å². The highest BCUT2D eigenvalue weighted by molar-refractivity contribution is 5.87. The first-order chi connectivity index (χ1) is 13.3. The summed E-state index contributed by atoms with van der Waals surface area (Å²) in [6, 6.07) is 20.3. The summed E-state index contributed by atoms with van der Waals surface area (Å²) in [5.41, 5.74) is 4.97. The van der Waals surface area contributed by atoms with Gasteiger partial charge in [-0.15, -0.1) is 0 Å². The van der Waals surface area contributed by atoms with Crippen LogP contribution in [0, 0.1) is 0 Å². The average molecular weight is 362 g/mol. The van der Waals surface area contributed by atoms with E-state index in [1.54, 1.807) is 6.21 Å². The topological polar surface area (TPSA) is 42.8 Å². The zero-order chi connectivity index (χ0) is 18.9. The van der Waals surface area contributed by atoms with Crippen molar-refractivity contribution in [3.05, 3.63) is 66.2 Å². The lowest BCUT2D eigenvalue weighted by Gasteiger charge is -2.11. The number of hydrogen-bond donors (Lipinski definition) is 1. The molecule has 0 saturated carbocycles. The fraction of sp³-hybridized carbons (Fsp3) is 0.261. The van der Waals surface area contributed by atoms with E-state index in [4.69, 9.17) is 9.47 Å². The second-order valence-electron chi connectivity index (χ2n) is 6.33. The molecule has 0 bridgehead atoms. The second-order valence-corrected chi connectivity index (χ2v) is 6.33. The summed E-state index contributed by atoms with van der Waals surface area (Å²) in [7, 11) is 0. The van der Waals surface area contributed by atoms with Gasteiger partial charge in [-0.05, 0) is 47.9 Å². The van der Waals surface area contributed by atoms with Crippen LogP contribution in [0.25, 0.3) is 10.8 Å². The number of hydrogen-bond acceptors (Lipinski definition) is 4. The summed E-state index contributed by atoms with van der Waals surface area (Å²) in [5.74, 6) is 1.61. The SMILES string of the molecule is CCCOc1ccc(C=NNc2ccc3ccccc3c2)c(OCCC)c1. The van der Waals surface area contributed by atoms with Gasteiger partial charge >= 0.3 is 0 Å². The fourth-order valence-electron chi connectivity index (χ4n) is 2.70. The lowest BCUT2D eigenvalue weighted by atomic mass is 10.1. The van der Waals surface area contributed by atoms with E-state index >= 15 is 0 Å². The van der Waals surface area contributed by atoms with Crippen molar-refractivity contribution in [2.24, 2.45) is 5.10 Å². The molecular weight excluding hydrogens is 336 g/mol. The molecule has 0 radical (unpaired) electrons. The first-order valence-corrected chi connectivity index (χ1v) is 9.47. The van der Waals surface area contributed by atoms with Gasteiger partial charge in [0.2, 0.25) is 0 Å². The molecule has 0 amide bonds. The zero-order valence-electron chi connectivity index (χ0n) is 15.9. The Morgan fingerprint density at radius 1 is 0.852 bits per heavy atom. The minimum Gasteiger partial charge on any atom is -0.493 e. The predicted molar refractivity (Wildman–Crippen MR) is 113 cm³/mol. The van der Waals surface area contributed by atoms with Crippen molar-refractivity contribution in [1.29, 1.82) is 0 Å². The molecule has 0 atom stereocenters. The number of rotatable bonds is 9. The molecule has 0 saturated heterocycles. The zero-order valence-corrected chi connectivity index (χ0v) is 15.9. The maximum Gasteiger partial charge on any atom is 0.131 e.